The number of aryl methyl sites for hydroxylation is 2. The van der Waals surface area contributed by atoms with Crippen molar-refractivity contribution >= 4 is 43.4 Å². The predicted octanol–water partition coefficient (Wildman–Crippen LogP) is 16.4. The van der Waals surface area contributed by atoms with Gasteiger partial charge >= 0.3 is 12.4 Å². The molecule has 1 nitrogen and oxygen atoms in total. The number of para-hydroxylation sites is 1. The number of rotatable bonds is 5. The van der Waals surface area contributed by atoms with Gasteiger partial charge in [0.05, 0.1) is 27.8 Å². The molecule has 0 radical (unpaired) electrons. The summed E-state index contributed by atoms with van der Waals surface area (Å²) in [5.74, 6) is 0. The second-order valence-corrected chi connectivity index (χ2v) is 15.7. The Morgan fingerprint density at radius 1 is 0.344 bits per heavy atom. The minimum atomic E-state index is -4.53. The molecule has 0 spiro atoms. The van der Waals surface area contributed by atoms with Crippen LogP contribution in [0.3, 0.4) is 0 Å². The van der Waals surface area contributed by atoms with E-state index in [2.05, 4.69) is 77.4 Å². The zero-order valence-corrected chi connectivity index (χ0v) is 33.0. The van der Waals surface area contributed by atoms with Crippen LogP contribution in [0, 0.1) is 13.8 Å². The quantitative estimate of drug-likeness (QED) is 0.153. The first-order valence-corrected chi connectivity index (χ1v) is 19.9. The summed E-state index contributed by atoms with van der Waals surface area (Å²) in [6, 6.07) is 54.9. The van der Waals surface area contributed by atoms with Gasteiger partial charge in [-0.1, -0.05) is 121 Å². The Bertz CT molecular complexity index is 3240. The van der Waals surface area contributed by atoms with Crippen molar-refractivity contribution < 1.29 is 26.3 Å². The first-order valence-electron chi connectivity index (χ1n) is 19.9. The van der Waals surface area contributed by atoms with Crippen molar-refractivity contribution in [2.24, 2.45) is 0 Å². The van der Waals surface area contributed by atoms with Crippen LogP contribution in [0.25, 0.3) is 93.5 Å². The van der Waals surface area contributed by atoms with Crippen molar-refractivity contribution in [2.75, 3.05) is 0 Å². The van der Waals surface area contributed by atoms with Gasteiger partial charge in [-0.25, -0.2) is 0 Å². The minimum Gasteiger partial charge on any atom is -0.309 e. The summed E-state index contributed by atoms with van der Waals surface area (Å²) in [7, 11) is 0. The fraction of sp³-hybridized carbons (Fsp3) is 0.0741. The molecule has 0 aliphatic rings. The molecular weight excluding hydrogens is 777 g/mol. The van der Waals surface area contributed by atoms with E-state index < -0.39 is 23.5 Å². The lowest BCUT2D eigenvalue weighted by molar-refractivity contribution is -0.138. The van der Waals surface area contributed by atoms with Crippen molar-refractivity contribution in [1.82, 2.24) is 4.57 Å². The van der Waals surface area contributed by atoms with Crippen LogP contribution in [0.5, 0.6) is 0 Å². The zero-order chi connectivity index (χ0) is 42.2. The second kappa shape index (κ2) is 14.3. The number of hydrogen-bond donors (Lipinski definition) is 0. The third-order valence-corrected chi connectivity index (χ3v) is 11.7. The second-order valence-electron chi connectivity index (χ2n) is 15.7. The standard InChI is InChI=1S/C54H35F6N/c1-32-24-37(28-39(26-32)53(55,56)57)35-18-22-51-48(30-35)49-31-36(38-25-33(2)27-40(29-38)54(58,59)60)19-23-52(49)61(51)50-17-8-7-15-47(50)46-21-20-45(43-13-5-6-14-44(43)46)42-16-9-11-34-10-3-4-12-41(34)42/h3-31H,1-2H3. The lowest BCUT2D eigenvalue weighted by atomic mass is 9.89. The third kappa shape index (κ3) is 6.71. The fourth-order valence-electron chi connectivity index (χ4n) is 8.99. The van der Waals surface area contributed by atoms with Crippen molar-refractivity contribution in [3.63, 3.8) is 0 Å². The van der Waals surface area contributed by atoms with E-state index >= 15 is 0 Å². The Hall–Kier alpha value is -7.12. The van der Waals surface area contributed by atoms with E-state index in [0.29, 0.717) is 33.4 Å². The molecular formula is C54H35F6N. The van der Waals surface area contributed by atoms with Crippen LogP contribution in [-0.2, 0) is 12.4 Å². The summed E-state index contributed by atoms with van der Waals surface area (Å²) < 4.78 is 86.3. The Morgan fingerprint density at radius 2 is 0.787 bits per heavy atom. The average molecular weight is 812 g/mol. The molecule has 0 saturated heterocycles. The molecule has 9 aromatic carbocycles. The SMILES string of the molecule is Cc1cc(-c2ccc3c(c2)c2cc(-c4cc(C)cc(C(F)(F)F)c4)ccc2n3-c2ccccc2-c2ccc(-c3cccc4ccccc34)c3ccccc23)cc(C(F)(F)F)c1. The smallest absolute Gasteiger partial charge is 0.309 e. The van der Waals surface area contributed by atoms with Crippen LogP contribution >= 0.6 is 0 Å². The lowest BCUT2D eigenvalue weighted by Gasteiger charge is -2.18. The van der Waals surface area contributed by atoms with E-state index in [4.69, 9.17) is 0 Å². The monoisotopic (exact) mass is 811 g/mol. The molecule has 1 heterocycles. The zero-order valence-electron chi connectivity index (χ0n) is 33.0. The first-order chi connectivity index (χ1) is 29.3. The van der Waals surface area contributed by atoms with Crippen LogP contribution < -0.4 is 0 Å². The highest BCUT2D eigenvalue weighted by molar-refractivity contribution is 6.14. The maximum absolute atomic E-state index is 14.0. The van der Waals surface area contributed by atoms with Crippen LogP contribution in [0.1, 0.15) is 22.3 Å². The molecule has 10 rings (SSSR count). The van der Waals surface area contributed by atoms with Gasteiger partial charge in [-0.05, 0) is 140 Å². The summed E-state index contributed by atoms with van der Waals surface area (Å²) >= 11 is 0. The van der Waals surface area contributed by atoms with Gasteiger partial charge in [-0.3, -0.25) is 0 Å². The highest BCUT2D eigenvalue weighted by atomic mass is 19.4. The largest absolute Gasteiger partial charge is 0.416 e. The molecule has 1 aromatic heterocycles. The van der Waals surface area contributed by atoms with Crippen LogP contribution in [-0.4, -0.2) is 4.57 Å². The number of benzene rings is 9. The average Bonchev–Trinajstić information content (AvgIpc) is 3.57. The Morgan fingerprint density at radius 3 is 1.34 bits per heavy atom. The van der Waals surface area contributed by atoms with Gasteiger partial charge in [0.1, 0.15) is 0 Å². The fourth-order valence-corrected chi connectivity index (χ4v) is 8.99. The van der Waals surface area contributed by atoms with Gasteiger partial charge < -0.3 is 4.57 Å². The van der Waals surface area contributed by atoms with Gasteiger partial charge in [0, 0.05) is 16.3 Å². The molecule has 0 fully saturated rings. The Labute approximate surface area is 347 Å². The van der Waals surface area contributed by atoms with Crippen LogP contribution in [0.15, 0.2) is 176 Å². The molecule has 0 aliphatic heterocycles. The maximum Gasteiger partial charge on any atom is 0.416 e. The molecule has 0 unspecified atom stereocenters. The Balaban J connectivity index is 1.22. The Kier molecular flexibility index (Phi) is 8.91. The van der Waals surface area contributed by atoms with Crippen LogP contribution in [0.2, 0.25) is 0 Å². The molecule has 0 atom stereocenters. The van der Waals surface area contributed by atoms with Gasteiger partial charge in [0.15, 0.2) is 0 Å². The van der Waals surface area contributed by atoms with E-state index in [9.17, 15) is 26.3 Å². The number of alkyl halides is 6. The van der Waals surface area contributed by atoms with Crippen molar-refractivity contribution in [3.05, 3.63) is 198 Å². The molecule has 0 saturated carbocycles. The number of fused-ring (bicyclic) bond motifs is 5. The summed E-state index contributed by atoms with van der Waals surface area (Å²) in [4.78, 5) is 0. The lowest BCUT2D eigenvalue weighted by Crippen LogP contribution is -2.05. The van der Waals surface area contributed by atoms with E-state index in [-0.39, 0.29) is 0 Å². The van der Waals surface area contributed by atoms with Crippen molar-refractivity contribution in [1.29, 1.82) is 0 Å². The van der Waals surface area contributed by atoms with E-state index in [1.165, 1.54) is 0 Å². The first kappa shape index (κ1) is 38.1. The van der Waals surface area contributed by atoms with Gasteiger partial charge in [-0.2, -0.15) is 26.3 Å². The van der Waals surface area contributed by atoms with Gasteiger partial charge in [0.25, 0.3) is 0 Å². The van der Waals surface area contributed by atoms with E-state index in [1.807, 2.05) is 66.7 Å². The molecule has 7 heteroatoms. The van der Waals surface area contributed by atoms with Crippen molar-refractivity contribution in [2.45, 2.75) is 26.2 Å². The number of hydrogen-bond acceptors (Lipinski definition) is 0. The number of halogens is 6. The molecule has 0 aliphatic carbocycles. The highest BCUT2D eigenvalue weighted by Crippen LogP contribution is 2.44. The summed E-state index contributed by atoms with van der Waals surface area (Å²) in [6.45, 7) is 3.28. The summed E-state index contributed by atoms with van der Waals surface area (Å²) in [5.41, 5.74) is 8.15. The topological polar surface area (TPSA) is 4.93 Å². The summed E-state index contributed by atoms with van der Waals surface area (Å²) in [6.07, 6.45) is -9.06. The highest BCUT2D eigenvalue weighted by Gasteiger charge is 2.32. The normalized spacial score (nSPS) is 12.3. The summed E-state index contributed by atoms with van der Waals surface area (Å²) in [5, 5.41) is 5.97. The van der Waals surface area contributed by atoms with Crippen LogP contribution in [0.4, 0.5) is 26.3 Å². The predicted molar refractivity (Wildman–Crippen MR) is 237 cm³/mol. The van der Waals surface area contributed by atoms with Gasteiger partial charge in [0.2, 0.25) is 0 Å². The molecule has 0 amide bonds. The van der Waals surface area contributed by atoms with E-state index in [0.717, 1.165) is 95.6 Å². The van der Waals surface area contributed by atoms with Crippen molar-refractivity contribution in [3.8, 4) is 50.2 Å². The molecule has 298 valence electrons. The number of aromatic nitrogens is 1. The molecule has 61 heavy (non-hydrogen) atoms. The maximum atomic E-state index is 14.0. The van der Waals surface area contributed by atoms with E-state index in [1.54, 1.807) is 26.0 Å². The molecule has 10 aromatic rings. The molecule has 0 N–H and O–H groups in total. The van der Waals surface area contributed by atoms with Gasteiger partial charge in [-0.15, -0.1) is 0 Å². The minimum absolute atomic E-state index is 0.415. The molecule has 0 bridgehead atoms. The number of nitrogens with zero attached hydrogens (tertiary/aromatic N) is 1. The third-order valence-electron chi connectivity index (χ3n) is 11.7.